The van der Waals surface area contributed by atoms with Gasteiger partial charge in [0.2, 0.25) is 11.5 Å². The Morgan fingerprint density at radius 1 is 1.25 bits per heavy atom. The summed E-state index contributed by atoms with van der Waals surface area (Å²) >= 11 is 0. The second-order valence-electron chi connectivity index (χ2n) is 5.11. The highest BCUT2D eigenvalue weighted by Gasteiger charge is 2.23. The normalized spacial score (nSPS) is 11.6. The Balaban J connectivity index is 2.16. The molecular weight excluding hydrogens is 312 g/mol. The van der Waals surface area contributed by atoms with Crippen LogP contribution in [0.4, 0.5) is 5.82 Å². The van der Waals surface area contributed by atoms with Gasteiger partial charge >= 0.3 is 5.82 Å². The molecule has 0 fully saturated rings. The fourth-order valence-corrected chi connectivity index (χ4v) is 2.11. The SMILES string of the molecule is CCOc1ccc(C(=O)C(C)Oc2ccc(C)nc2[N+](=O)[O-])cc1. The number of aryl methyl sites for hydroxylation is 1. The number of hydrogen-bond acceptors (Lipinski definition) is 6. The average Bonchev–Trinajstić information content (AvgIpc) is 2.56. The van der Waals surface area contributed by atoms with Crippen LogP contribution in [0, 0.1) is 17.0 Å². The molecule has 1 heterocycles. The number of nitro groups is 1. The van der Waals surface area contributed by atoms with E-state index in [0.717, 1.165) is 0 Å². The molecule has 0 bridgehead atoms. The number of aromatic nitrogens is 1. The van der Waals surface area contributed by atoms with Gasteiger partial charge in [0.05, 0.1) is 6.61 Å². The minimum atomic E-state index is -0.883. The van der Waals surface area contributed by atoms with Crippen molar-refractivity contribution in [3.05, 3.63) is 57.8 Å². The molecule has 2 rings (SSSR count). The van der Waals surface area contributed by atoms with Crippen molar-refractivity contribution in [2.75, 3.05) is 6.61 Å². The standard InChI is InChI=1S/C17H18N2O5/c1-4-23-14-8-6-13(7-9-14)16(20)12(3)24-15-10-5-11(2)18-17(15)19(21)22/h5-10,12H,4H2,1-3H3. The van der Waals surface area contributed by atoms with E-state index in [1.807, 2.05) is 6.92 Å². The van der Waals surface area contributed by atoms with Crippen LogP contribution in [0.15, 0.2) is 36.4 Å². The van der Waals surface area contributed by atoms with Crippen LogP contribution in [-0.4, -0.2) is 28.4 Å². The highest BCUT2D eigenvalue weighted by Crippen LogP contribution is 2.26. The van der Waals surface area contributed by atoms with E-state index < -0.39 is 16.8 Å². The fraction of sp³-hybridized carbons (Fsp3) is 0.294. The maximum absolute atomic E-state index is 12.4. The zero-order chi connectivity index (χ0) is 17.7. The molecule has 0 saturated heterocycles. The Bertz CT molecular complexity index is 743. The minimum Gasteiger partial charge on any atom is -0.494 e. The zero-order valence-corrected chi connectivity index (χ0v) is 13.7. The van der Waals surface area contributed by atoms with Crippen LogP contribution in [0.1, 0.15) is 29.9 Å². The van der Waals surface area contributed by atoms with Crippen molar-refractivity contribution in [3.8, 4) is 11.5 Å². The van der Waals surface area contributed by atoms with Gasteiger partial charge in [-0.15, -0.1) is 0 Å². The summed E-state index contributed by atoms with van der Waals surface area (Å²) in [5.74, 6) is -0.0485. The smallest absolute Gasteiger partial charge is 0.406 e. The lowest BCUT2D eigenvalue weighted by Crippen LogP contribution is -2.24. The summed E-state index contributed by atoms with van der Waals surface area (Å²) in [5, 5.41) is 11.1. The summed E-state index contributed by atoms with van der Waals surface area (Å²) in [6, 6.07) is 9.70. The Hall–Kier alpha value is -2.96. The number of carbonyl (C=O) groups excluding carboxylic acids is 1. The predicted octanol–water partition coefficient (Wildman–Crippen LogP) is 3.35. The predicted molar refractivity (Wildman–Crippen MR) is 87.7 cm³/mol. The second kappa shape index (κ2) is 7.54. The summed E-state index contributed by atoms with van der Waals surface area (Å²) < 4.78 is 10.8. The molecule has 0 aliphatic carbocycles. The molecule has 1 atom stereocenters. The number of hydrogen-bond donors (Lipinski definition) is 0. The van der Waals surface area contributed by atoms with Crippen LogP contribution in [0.2, 0.25) is 0 Å². The first kappa shape index (κ1) is 17.4. The topological polar surface area (TPSA) is 91.6 Å². The third-order valence-electron chi connectivity index (χ3n) is 3.27. The van der Waals surface area contributed by atoms with Crippen LogP contribution in [0.25, 0.3) is 0 Å². The van der Waals surface area contributed by atoms with Gasteiger partial charge in [0.25, 0.3) is 0 Å². The van der Waals surface area contributed by atoms with Crippen molar-refractivity contribution < 1.29 is 19.2 Å². The molecule has 0 N–H and O–H groups in total. The van der Waals surface area contributed by atoms with Gasteiger partial charge in [-0.2, -0.15) is 0 Å². The molecule has 1 unspecified atom stereocenters. The summed E-state index contributed by atoms with van der Waals surface area (Å²) in [4.78, 5) is 26.7. The molecule has 0 aliphatic rings. The lowest BCUT2D eigenvalue weighted by molar-refractivity contribution is -0.390. The molecular formula is C17H18N2O5. The van der Waals surface area contributed by atoms with E-state index in [0.29, 0.717) is 23.6 Å². The summed E-state index contributed by atoms with van der Waals surface area (Å²) in [7, 11) is 0. The van der Waals surface area contributed by atoms with Gasteiger partial charge in [-0.25, -0.2) is 0 Å². The van der Waals surface area contributed by atoms with E-state index in [2.05, 4.69) is 4.98 Å². The summed E-state index contributed by atoms with van der Waals surface area (Å²) in [6.07, 6.45) is -0.883. The Kier molecular flexibility index (Phi) is 5.47. The van der Waals surface area contributed by atoms with E-state index in [4.69, 9.17) is 9.47 Å². The molecule has 0 radical (unpaired) electrons. The molecule has 2 aromatic rings. The van der Waals surface area contributed by atoms with Crippen molar-refractivity contribution in [1.82, 2.24) is 4.98 Å². The molecule has 1 aromatic heterocycles. The van der Waals surface area contributed by atoms with Gasteiger partial charge in [0.15, 0.2) is 6.10 Å². The van der Waals surface area contributed by atoms with E-state index in [9.17, 15) is 14.9 Å². The molecule has 0 saturated carbocycles. The Labute approximate surface area is 139 Å². The Morgan fingerprint density at radius 2 is 1.92 bits per heavy atom. The number of carbonyl (C=O) groups is 1. The van der Waals surface area contributed by atoms with Crippen LogP contribution < -0.4 is 9.47 Å². The van der Waals surface area contributed by atoms with Crippen LogP contribution in [0.5, 0.6) is 11.5 Å². The third-order valence-corrected chi connectivity index (χ3v) is 3.27. The van der Waals surface area contributed by atoms with Crippen molar-refractivity contribution in [1.29, 1.82) is 0 Å². The van der Waals surface area contributed by atoms with Crippen molar-refractivity contribution >= 4 is 11.6 Å². The van der Waals surface area contributed by atoms with E-state index in [1.165, 1.54) is 6.07 Å². The maximum atomic E-state index is 12.4. The molecule has 0 spiro atoms. The van der Waals surface area contributed by atoms with Gasteiger partial charge in [-0.1, -0.05) is 0 Å². The van der Waals surface area contributed by atoms with Crippen LogP contribution in [-0.2, 0) is 0 Å². The van der Waals surface area contributed by atoms with Gasteiger partial charge in [-0.05, 0) is 60.2 Å². The van der Waals surface area contributed by atoms with Gasteiger partial charge < -0.3 is 19.6 Å². The lowest BCUT2D eigenvalue weighted by atomic mass is 10.1. The zero-order valence-electron chi connectivity index (χ0n) is 13.7. The van der Waals surface area contributed by atoms with Crippen molar-refractivity contribution in [3.63, 3.8) is 0 Å². The molecule has 7 nitrogen and oxygen atoms in total. The van der Waals surface area contributed by atoms with Gasteiger partial charge in [0.1, 0.15) is 11.4 Å². The lowest BCUT2D eigenvalue weighted by Gasteiger charge is -2.14. The number of benzene rings is 1. The highest BCUT2D eigenvalue weighted by atomic mass is 16.6. The third kappa shape index (κ3) is 4.07. The number of Topliss-reactive ketones (excluding diaryl/α,β-unsaturated/α-hetero) is 1. The summed E-state index contributed by atoms with van der Waals surface area (Å²) in [6.45, 7) is 5.60. The summed E-state index contributed by atoms with van der Waals surface area (Å²) in [5.41, 5.74) is 0.938. The number of pyridine rings is 1. The number of rotatable bonds is 7. The van der Waals surface area contributed by atoms with Crippen LogP contribution in [0.3, 0.4) is 0 Å². The molecule has 0 aliphatic heterocycles. The van der Waals surface area contributed by atoms with E-state index in [1.54, 1.807) is 44.2 Å². The first-order valence-corrected chi connectivity index (χ1v) is 7.48. The number of nitrogens with zero attached hydrogens (tertiary/aromatic N) is 2. The molecule has 0 amide bonds. The fourth-order valence-electron chi connectivity index (χ4n) is 2.11. The average molecular weight is 330 g/mol. The van der Waals surface area contributed by atoms with Crippen LogP contribution >= 0.6 is 0 Å². The quantitative estimate of drug-likeness (QED) is 0.439. The van der Waals surface area contributed by atoms with E-state index >= 15 is 0 Å². The second-order valence-corrected chi connectivity index (χ2v) is 5.11. The number of ether oxygens (including phenoxy) is 2. The first-order valence-electron chi connectivity index (χ1n) is 7.48. The largest absolute Gasteiger partial charge is 0.494 e. The molecule has 1 aromatic carbocycles. The molecule has 7 heteroatoms. The molecule has 24 heavy (non-hydrogen) atoms. The maximum Gasteiger partial charge on any atom is 0.406 e. The monoisotopic (exact) mass is 330 g/mol. The Morgan fingerprint density at radius 3 is 2.50 bits per heavy atom. The van der Waals surface area contributed by atoms with E-state index in [-0.39, 0.29) is 11.5 Å². The van der Waals surface area contributed by atoms with Gasteiger partial charge in [-0.3, -0.25) is 4.79 Å². The van der Waals surface area contributed by atoms with Crippen molar-refractivity contribution in [2.24, 2.45) is 0 Å². The first-order chi connectivity index (χ1) is 11.4. The molecule has 126 valence electrons. The highest BCUT2D eigenvalue weighted by molar-refractivity contribution is 5.99. The number of ketones is 1. The minimum absolute atomic E-state index is 0.0302. The van der Waals surface area contributed by atoms with Crippen molar-refractivity contribution in [2.45, 2.75) is 26.9 Å². The van der Waals surface area contributed by atoms with Gasteiger partial charge in [0, 0.05) is 12.5 Å².